The number of hydrogen-bond acceptors (Lipinski definition) is 4. The van der Waals surface area contributed by atoms with Crippen molar-refractivity contribution in [2.75, 3.05) is 19.6 Å². The average molecular weight is 365 g/mol. The van der Waals surface area contributed by atoms with Crippen molar-refractivity contribution in [3.63, 3.8) is 0 Å². The van der Waals surface area contributed by atoms with Gasteiger partial charge < -0.3 is 15.3 Å². The molecule has 2 aromatic rings. The zero-order valence-corrected chi connectivity index (χ0v) is 14.8. The highest BCUT2D eigenvalue weighted by molar-refractivity contribution is 6.30. The van der Waals surface area contributed by atoms with Gasteiger partial charge in [0.1, 0.15) is 11.3 Å². The van der Waals surface area contributed by atoms with Gasteiger partial charge in [-0.05, 0) is 25.0 Å². The molecule has 2 N–H and O–H groups in total. The van der Waals surface area contributed by atoms with Gasteiger partial charge in [-0.15, -0.1) is 0 Å². The van der Waals surface area contributed by atoms with Gasteiger partial charge >= 0.3 is 0 Å². The number of aryl methyl sites for hydroxylation is 1. The lowest BCUT2D eigenvalue weighted by Gasteiger charge is -2.20. The first-order chi connectivity index (χ1) is 12.0. The molecule has 0 saturated carbocycles. The van der Waals surface area contributed by atoms with Crippen LogP contribution in [-0.4, -0.2) is 56.9 Å². The van der Waals surface area contributed by atoms with Crippen molar-refractivity contribution in [3.8, 4) is 0 Å². The second kappa shape index (κ2) is 7.41. The molecule has 0 bridgehead atoms. The number of aliphatic hydroxyl groups is 1. The number of rotatable bonds is 6. The van der Waals surface area contributed by atoms with Crippen molar-refractivity contribution in [1.29, 1.82) is 0 Å². The number of amides is 2. The molecule has 25 heavy (non-hydrogen) atoms. The first kappa shape index (κ1) is 17.7. The SMILES string of the molecule is CCc1nc2ccc(Cl)cn2c1C(=O)NCC(O)CN1CCCC1=O. The summed E-state index contributed by atoms with van der Waals surface area (Å²) in [5.41, 5.74) is 1.74. The molecule has 1 fully saturated rings. The number of hydrogen-bond donors (Lipinski definition) is 2. The predicted octanol–water partition coefficient (Wildman–Crippen LogP) is 1.26. The maximum Gasteiger partial charge on any atom is 0.270 e. The number of β-amino-alcohol motifs (C(OH)–C–C–N with tert-alkyl or cyclic N) is 1. The van der Waals surface area contributed by atoms with Crippen LogP contribution in [0.3, 0.4) is 0 Å². The minimum absolute atomic E-state index is 0.0510. The van der Waals surface area contributed by atoms with Gasteiger partial charge in [0, 0.05) is 32.3 Å². The van der Waals surface area contributed by atoms with Crippen LogP contribution in [0, 0.1) is 0 Å². The van der Waals surface area contributed by atoms with E-state index in [1.54, 1.807) is 27.6 Å². The number of carbonyl (C=O) groups excluding carboxylic acids is 2. The van der Waals surface area contributed by atoms with E-state index in [9.17, 15) is 14.7 Å². The number of imidazole rings is 1. The lowest BCUT2D eigenvalue weighted by molar-refractivity contribution is -0.128. The Morgan fingerprint density at radius 3 is 2.96 bits per heavy atom. The maximum atomic E-state index is 12.6. The van der Waals surface area contributed by atoms with Crippen molar-refractivity contribution in [2.45, 2.75) is 32.3 Å². The van der Waals surface area contributed by atoms with Crippen LogP contribution in [0.4, 0.5) is 0 Å². The van der Waals surface area contributed by atoms with Crippen molar-refractivity contribution >= 4 is 29.1 Å². The number of aromatic nitrogens is 2. The molecule has 1 saturated heterocycles. The van der Waals surface area contributed by atoms with Gasteiger partial charge in [-0.2, -0.15) is 0 Å². The molecule has 1 aliphatic rings. The molecule has 8 heteroatoms. The summed E-state index contributed by atoms with van der Waals surface area (Å²) in [4.78, 5) is 30.3. The van der Waals surface area contributed by atoms with Crippen LogP contribution >= 0.6 is 11.6 Å². The standard InChI is InChI=1S/C17H21ClN4O3/c1-2-13-16(22-9-11(18)5-6-14(22)20-13)17(25)19-8-12(23)10-21-7-3-4-15(21)24/h5-6,9,12,23H,2-4,7-8,10H2,1H3,(H,19,25). The maximum absolute atomic E-state index is 12.6. The van der Waals surface area contributed by atoms with Gasteiger partial charge in [0.05, 0.1) is 16.8 Å². The number of aliphatic hydroxyl groups excluding tert-OH is 1. The van der Waals surface area contributed by atoms with Crippen LogP contribution in [0.15, 0.2) is 18.3 Å². The van der Waals surface area contributed by atoms with Gasteiger partial charge in [-0.25, -0.2) is 4.98 Å². The number of fused-ring (bicyclic) bond motifs is 1. The average Bonchev–Trinajstić information content (AvgIpc) is 3.15. The largest absolute Gasteiger partial charge is 0.389 e. The zero-order valence-electron chi connectivity index (χ0n) is 14.0. The van der Waals surface area contributed by atoms with Crippen molar-refractivity contribution < 1.29 is 14.7 Å². The molecule has 1 atom stereocenters. The molecular weight excluding hydrogens is 344 g/mol. The van der Waals surface area contributed by atoms with E-state index in [2.05, 4.69) is 10.3 Å². The Hall–Kier alpha value is -2.12. The molecule has 1 aliphatic heterocycles. The summed E-state index contributed by atoms with van der Waals surface area (Å²) in [6.45, 7) is 2.89. The van der Waals surface area contributed by atoms with Crippen molar-refractivity contribution in [3.05, 3.63) is 34.7 Å². The van der Waals surface area contributed by atoms with E-state index < -0.39 is 6.10 Å². The summed E-state index contributed by atoms with van der Waals surface area (Å²) in [5.74, 6) is -0.270. The van der Waals surface area contributed by atoms with E-state index in [0.29, 0.717) is 41.4 Å². The summed E-state index contributed by atoms with van der Waals surface area (Å²) >= 11 is 6.03. The summed E-state index contributed by atoms with van der Waals surface area (Å²) in [7, 11) is 0. The lowest BCUT2D eigenvalue weighted by atomic mass is 10.2. The van der Waals surface area contributed by atoms with Crippen molar-refractivity contribution in [2.24, 2.45) is 0 Å². The molecular formula is C17H21ClN4O3. The molecule has 134 valence electrons. The topological polar surface area (TPSA) is 86.9 Å². The molecule has 1 unspecified atom stereocenters. The Morgan fingerprint density at radius 1 is 1.48 bits per heavy atom. The summed E-state index contributed by atoms with van der Waals surface area (Å²) in [6, 6.07) is 3.48. The van der Waals surface area contributed by atoms with E-state index in [-0.39, 0.29) is 24.9 Å². The normalized spacial score (nSPS) is 15.8. The van der Waals surface area contributed by atoms with E-state index in [1.807, 2.05) is 6.92 Å². The third kappa shape index (κ3) is 3.77. The van der Waals surface area contributed by atoms with E-state index in [1.165, 1.54) is 0 Å². The monoisotopic (exact) mass is 364 g/mol. The summed E-state index contributed by atoms with van der Waals surface area (Å²) in [6.07, 6.45) is 2.80. The first-order valence-electron chi connectivity index (χ1n) is 8.40. The second-order valence-electron chi connectivity index (χ2n) is 6.14. The second-order valence-corrected chi connectivity index (χ2v) is 6.58. The molecule has 3 heterocycles. The fourth-order valence-corrected chi connectivity index (χ4v) is 3.23. The van der Waals surface area contributed by atoms with Crippen LogP contribution in [0.5, 0.6) is 0 Å². The van der Waals surface area contributed by atoms with Crippen LogP contribution in [0.25, 0.3) is 5.65 Å². The van der Waals surface area contributed by atoms with Gasteiger partial charge in [0.15, 0.2) is 0 Å². The fraction of sp³-hybridized carbons (Fsp3) is 0.471. The number of carbonyl (C=O) groups is 2. The quantitative estimate of drug-likeness (QED) is 0.808. The molecule has 2 amide bonds. The number of likely N-dealkylation sites (tertiary alicyclic amines) is 1. The van der Waals surface area contributed by atoms with Gasteiger partial charge in [0.25, 0.3) is 5.91 Å². The molecule has 3 rings (SSSR count). The Balaban J connectivity index is 1.69. The number of pyridine rings is 1. The summed E-state index contributed by atoms with van der Waals surface area (Å²) in [5, 5.41) is 13.3. The highest BCUT2D eigenvalue weighted by Gasteiger charge is 2.24. The third-order valence-corrected chi connectivity index (χ3v) is 4.53. The Labute approximate surface area is 150 Å². The number of nitrogens with zero attached hydrogens (tertiary/aromatic N) is 3. The Morgan fingerprint density at radius 2 is 2.28 bits per heavy atom. The highest BCUT2D eigenvalue weighted by Crippen LogP contribution is 2.17. The number of halogens is 1. The molecule has 0 aliphatic carbocycles. The smallest absolute Gasteiger partial charge is 0.270 e. The third-order valence-electron chi connectivity index (χ3n) is 4.31. The van der Waals surface area contributed by atoms with E-state index in [0.717, 1.165) is 6.42 Å². The molecule has 0 spiro atoms. The van der Waals surface area contributed by atoms with Gasteiger partial charge in [0.2, 0.25) is 5.91 Å². The van der Waals surface area contributed by atoms with Crippen LogP contribution in [0.2, 0.25) is 5.02 Å². The highest BCUT2D eigenvalue weighted by atomic mass is 35.5. The predicted molar refractivity (Wildman–Crippen MR) is 93.7 cm³/mol. The van der Waals surface area contributed by atoms with Gasteiger partial charge in [-0.1, -0.05) is 18.5 Å². The molecule has 2 aromatic heterocycles. The number of nitrogens with one attached hydrogen (secondary N) is 1. The van der Waals surface area contributed by atoms with E-state index >= 15 is 0 Å². The minimum Gasteiger partial charge on any atom is -0.389 e. The fourth-order valence-electron chi connectivity index (χ4n) is 3.06. The Kier molecular flexibility index (Phi) is 5.24. The first-order valence-corrected chi connectivity index (χ1v) is 8.78. The Bertz CT molecular complexity index is 805. The lowest BCUT2D eigenvalue weighted by Crippen LogP contribution is -2.41. The molecule has 0 aromatic carbocycles. The van der Waals surface area contributed by atoms with Crippen LogP contribution in [0.1, 0.15) is 35.9 Å². The minimum atomic E-state index is -0.807. The summed E-state index contributed by atoms with van der Waals surface area (Å²) < 4.78 is 1.66. The zero-order chi connectivity index (χ0) is 18.0. The van der Waals surface area contributed by atoms with Crippen molar-refractivity contribution in [1.82, 2.24) is 19.6 Å². The van der Waals surface area contributed by atoms with Gasteiger partial charge in [-0.3, -0.25) is 14.0 Å². The molecule has 7 nitrogen and oxygen atoms in total. The molecule has 0 radical (unpaired) electrons. The van der Waals surface area contributed by atoms with Crippen LogP contribution in [-0.2, 0) is 11.2 Å². The van der Waals surface area contributed by atoms with E-state index in [4.69, 9.17) is 11.6 Å². The van der Waals surface area contributed by atoms with Crippen LogP contribution < -0.4 is 5.32 Å².